The molecule has 0 aliphatic heterocycles. The van der Waals surface area contributed by atoms with Crippen LogP contribution in [0.25, 0.3) is 0 Å². The molecule has 3 rings (SSSR count). The number of carbonyl (C=O) groups excluding carboxylic acids is 1. The number of aromatic nitrogens is 2. The first-order chi connectivity index (χ1) is 13.4. The molecule has 0 saturated heterocycles. The van der Waals surface area contributed by atoms with Gasteiger partial charge >= 0.3 is 6.18 Å². The van der Waals surface area contributed by atoms with Crippen LogP contribution >= 0.6 is 11.8 Å². The Kier molecular flexibility index (Phi) is 6.66. The van der Waals surface area contributed by atoms with E-state index in [0.29, 0.717) is 16.4 Å². The smallest absolute Gasteiger partial charge is 0.390 e. The summed E-state index contributed by atoms with van der Waals surface area (Å²) in [5, 5.41) is 13.0. The van der Waals surface area contributed by atoms with E-state index in [4.69, 9.17) is 0 Å². The molecule has 2 aromatic rings. The van der Waals surface area contributed by atoms with E-state index in [-0.39, 0.29) is 30.9 Å². The third-order valence-electron chi connectivity index (χ3n) is 4.71. The fourth-order valence-corrected chi connectivity index (χ4v) is 4.22. The number of carbonyl (C=O) groups is 1. The molecule has 1 aromatic carbocycles. The van der Waals surface area contributed by atoms with Crippen LogP contribution in [-0.2, 0) is 29.9 Å². The molecular formula is C19H22F3N3O2S. The highest BCUT2D eigenvalue weighted by Gasteiger charge is 2.30. The van der Waals surface area contributed by atoms with Crippen molar-refractivity contribution in [2.75, 3.05) is 0 Å². The largest absolute Gasteiger partial charge is 0.416 e. The van der Waals surface area contributed by atoms with Gasteiger partial charge in [0.25, 0.3) is 0 Å². The monoisotopic (exact) mass is 413 g/mol. The summed E-state index contributed by atoms with van der Waals surface area (Å²) in [5.41, 5.74) is 0.310. The summed E-state index contributed by atoms with van der Waals surface area (Å²) in [6.07, 6.45) is 1.25. The van der Waals surface area contributed by atoms with Crippen LogP contribution in [-0.4, -0.2) is 26.6 Å². The van der Waals surface area contributed by atoms with Gasteiger partial charge < -0.3 is 15.0 Å². The second kappa shape index (κ2) is 9.00. The van der Waals surface area contributed by atoms with Crippen LogP contribution in [0.15, 0.2) is 35.6 Å². The van der Waals surface area contributed by atoms with Gasteiger partial charge in [0.1, 0.15) is 6.54 Å². The Hall–Kier alpha value is -2.00. The van der Waals surface area contributed by atoms with Crippen molar-refractivity contribution in [2.45, 2.75) is 62.0 Å². The van der Waals surface area contributed by atoms with Crippen molar-refractivity contribution < 1.29 is 23.1 Å². The number of aliphatic hydroxyl groups excluding tert-OH is 1. The van der Waals surface area contributed by atoms with E-state index < -0.39 is 11.7 Å². The third-order valence-corrected chi connectivity index (χ3v) is 5.77. The van der Waals surface area contributed by atoms with Gasteiger partial charge in [-0.05, 0) is 24.5 Å². The van der Waals surface area contributed by atoms with E-state index in [1.54, 1.807) is 10.6 Å². The molecule has 1 fully saturated rings. The second-order valence-electron chi connectivity index (χ2n) is 6.81. The number of aliphatic hydroxyl groups is 1. The zero-order valence-corrected chi connectivity index (χ0v) is 16.0. The van der Waals surface area contributed by atoms with Crippen molar-refractivity contribution in [3.63, 3.8) is 0 Å². The zero-order chi connectivity index (χ0) is 20.1. The fourth-order valence-electron chi connectivity index (χ4n) is 3.27. The lowest BCUT2D eigenvalue weighted by Gasteiger charge is -2.15. The van der Waals surface area contributed by atoms with Crippen LogP contribution in [0.4, 0.5) is 13.2 Å². The molecule has 0 bridgehead atoms. The van der Waals surface area contributed by atoms with E-state index in [1.165, 1.54) is 24.0 Å². The SMILES string of the molecule is O=C(Cn1c(CO)cnc1SCc1cccc(C(F)(F)F)c1)NC1CCCC1. The molecule has 2 N–H and O–H groups in total. The maximum atomic E-state index is 12.9. The van der Waals surface area contributed by atoms with Gasteiger partial charge in [0.2, 0.25) is 5.91 Å². The average molecular weight is 413 g/mol. The molecule has 0 spiro atoms. The Labute approximate surface area is 165 Å². The number of thioether (sulfide) groups is 1. The van der Waals surface area contributed by atoms with Gasteiger partial charge in [0.05, 0.1) is 24.1 Å². The van der Waals surface area contributed by atoms with Crippen molar-refractivity contribution in [3.8, 4) is 0 Å². The fraction of sp³-hybridized carbons (Fsp3) is 0.474. The number of nitrogens with one attached hydrogen (secondary N) is 1. The zero-order valence-electron chi connectivity index (χ0n) is 15.2. The molecule has 1 saturated carbocycles. The van der Waals surface area contributed by atoms with Gasteiger partial charge in [0.15, 0.2) is 5.16 Å². The minimum Gasteiger partial charge on any atom is -0.390 e. The van der Waals surface area contributed by atoms with E-state index in [1.807, 2.05) is 0 Å². The number of hydrogen-bond acceptors (Lipinski definition) is 4. The third kappa shape index (κ3) is 5.29. The van der Waals surface area contributed by atoms with Crippen LogP contribution in [0.2, 0.25) is 0 Å². The normalized spacial score (nSPS) is 15.1. The van der Waals surface area contributed by atoms with Crippen molar-refractivity contribution in [2.24, 2.45) is 0 Å². The minimum atomic E-state index is -4.39. The summed E-state index contributed by atoms with van der Waals surface area (Å²) in [4.78, 5) is 16.6. The van der Waals surface area contributed by atoms with Gasteiger partial charge in [-0.3, -0.25) is 4.79 Å². The van der Waals surface area contributed by atoms with Crippen LogP contribution in [0.1, 0.15) is 42.5 Å². The molecule has 9 heteroatoms. The van der Waals surface area contributed by atoms with Gasteiger partial charge in [-0.25, -0.2) is 4.98 Å². The van der Waals surface area contributed by atoms with Gasteiger partial charge in [-0.1, -0.05) is 42.8 Å². The molecule has 152 valence electrons. The highest BCUT2D eigenvalue weighted by molar-refractivity contribution is 7.98. The molecule has 1 aliphatic rings. The van der Waals surface area contributed by atoms with Crippen LogP contribution in [0.5, 0.6) is 0 Å². The Morgan fingerprint density at radius 2 is 2.07 bits per heavy atom. The summed E-state index contributed by atoms with van der Waals surface area (Å²) in [6.45, 7) is -0.245. The average Bonchev–Trinajstić information content (AvgIpc) is 3.29. The van der Waals surface area contributed by atoms with E-state index in [2.05, 4.69) is 10.3 Å². The molecule has 0 unspecified atom stereocenters. The first kappa shape index (κ1) is 20.7. The lowest BCUT2D eigenvalue weighted by molar-refractivity contribution is -0.137. The summed E-state index contributed by atoms with van der Waals surface area (Å²) in [5.74, 6) is 0.122. The number of rotatable bonds is 7. The van der Waals surface area contributed by atoms with Crippen LogP contribution in [0, 0.1) is 0 Å². The maximum Gasteiger partial charge on any atom is 0.416 e. The number of benzene rings is 1. The number of hydrogen-bond donors (Lipinski definition) is 2. The van der Waals surface area contributed by atoms with E-state index in [9.17, 15) is 23.1 Å². The lowest BCUT2D eigenvalue weighted by atomic mass is 10.1. The van der Waals surface area contributed by atoms with Crippen LogP contribution < -0.4 is 5.32 Å². The summed E-state index contributed by atoms with van der Waals surface area (Å²) in [7, 11) is 0. The first-order valence-electron chi connectivity index (χ1n) is 9.10. The van der Waals surface area contributed by atoms with E-state index in [0.717, 1.165) is 37.8 Å². The molecule has 1 amide bonds. The molecule has 1 aliphatic carbocycles. The van der Waals surface area contributed by atoms with Crippen molar-refractivity contribution in [1.29, 1.82) is 0 Å². The summed E-state index contributed by atoms with van der Waals surface area (Å²) >= 11 is 1.23. The molecular weight excluding hydrogens is 391 g/mol. The van der Waals surface area contributed by atoms with Crippen molar-refractivity contribution in [3.05, 3.63) is 47.3 Å². The topological polar surface area (TPSA) is 67.2 Å². The second-order valence-corrected chi connectivity index (χ2v) is 7.75. The highest BCUT2D eigenvalue weighted by atomic mass is 32.2. The molecule has 5 nitrogen and oxygen atoms in total. The number of halogens is 3. The van der Waals surface area contributed by atoms with Crippen molar-refractivity contribution >= 4 is 17.7 Å². The number of alkyl halides is 3. The molecule has 1 aromatic heterocycles. The number of imidazole rings is 1. The van der Waals surface area contributed by atoms with Gasteiger partial charge in [0, 0.05) is 11.8 Å². The Balaban J connectivity index is 1.67. The standard InChI is InChI=1S/C19H22F3N3O2S/c20-19(21,22)14-5-3-4-13(8-14)12-28-18-23-9-16(11-26)25(18)10-17(27)24-15-6-1-2-7-15/h3-5,8-9,15,26H,1-2,6-7,10-12H2,(H,24,27). The number of amides is 1. The first-order valence-corrected chi connectivity index (χ1v) is 10.1. The van der Waals surface area contributed by atoms with Crippen LogP contribution in [0.3, 0.4) is 0 Å². The summed E-state index contributed by atoms with van der Waals surface area (Å²) < 4.78 is 40.2. The maximum absolute atomic E-state index is 12.9. The lowest BCUT2D eigenvalue weighted by Crippen LogP contribution is -2.35. The highest BCUT2D eigenvalue weighted by Crippen LogP contribution is 2.31. The Morgan fingerprint density at radius 3 is 2.75 bits per heavy atom. The number of nitrogens with zero attached hydrogens (tertiary/aromatic N) is 2. The Morgan fingerprint density at radius 1 is 1.32 bits per heavy atom. The molecule has 1 heterocycles. The van der Waals surface area contributed by atoms with Gasteiger partial charge in [-0.15, -0.1) is 0 Å². The quantitative estimate of drug-likeness (QED) is 0.679. The summed E-state index contributed by atoms with van der Waals surface area (Å²) in [6, 6.07) is 5.33. The molecule has 0 radical (unpaired) electrons. The Bertz CT molecular complexity index is 817. The predicted octanol–water partition coefficient (Wildman–Crippen LogP) is 3.75. The van der Waals surface area contributed by atoms with Crippen molar-refractivity contribution in [1.82, 2.24) is 14.9 Å². The molecule has 0 atom stereocenters. The minimum absolute atomic E-state index is 0.0251. The van der Waals surface area contributed by atoms with E-state index >= 15 is 0 Å². The molecule has 28 heavy (non-hydrogen) atoms. The predicted molar refractivity (Wildman–Crippen MR) is 99.6 cm³/mol. The van der Waals surface area contributed by atoms with Gasteiger partial charge in [-0.2, -0.15) is 13.2 Å².